The van der Waals surface area contributed by atoms with Gasteiger partial charge in [0.15, 0.2) is 0 Å². The molecule has 0 N–H and O–H groups in total. The minimum absolute atomic E-state index is 0.00830. The summed E-state index contributed by atoms with van der Waals surface area (Å²) < 4.78 is 51.7. The zero-order valence-electron chi connectivity index (χ0n) is 15.6. The highest BCUT2D eigenvalue weighted by Gasteiger charge is 2.60. The van der Waals surface area contributed by atoms with E-state index in [-0.39, 0.29) is 31.9 Å². The molecule has 2 aliphatic heterocycles. The molecule has 10 heteroatoms. The Bertz CT molecular complexity index is 812. The zero-order chi connectivity index (χ0) is 19.8. The van der Waals surface area contributed by atoms with E-state index in [0.717, 1.165) is 32.0 Å². The van der Waals surface area contributed by atoms with Gasteiger partial charge < -0.3 is 19.1 Å². The van der Waals surface area contributed by atoms with Crippen molar-refractivity contribution in [3.8, 4) is 11.5 Å². The summed E-state index contributed by atoms with van der Waals surface area (Å²) in [4.78, 5) is 13.0. The molecule has 2 saturated heterocycles. The van der Waals surface area contributed by atoms with Gasteiger partial charge in [0.1, 0.15) is 16.9 Å². The Morgan fingerprint density at radius 3 is 2.43 bits per heavy atom. The summed E-state index contributed by atoms with van der Waals surface area (Å²) in [5, 5.41) is 3.80. The summed E-state index contributed by atoms with van der Waals surface area (Å²) in [6.07, 6.45) is -4.95. The summed E-state index contributed by atoms with van der Waals surface area (Å²) in [7, 11) is 2.06. The van der Waals surface area contributed by atoms with Crippen molar-refractivity contribution in [1.82, 2.24) is 20.0 Å². The third kappa shape index (κ3) is 3.46. The van der Waals surface area contributed by atoms with Gasteiger partial charge in [-0.3, -0.25) is 0 Å². The summed E-state index contributed by atoms with van der Waals surface area (Å²) in [6, 6.07) is 5.37. The Morgan fingerprint density at radius 1 is 1.04 bits per heavy atom. The maximum absolute atomic E-state index is 13.8. The minimum Gasteiger partial charge on any atom is -0.381 e. The molecule has 0 unspecified atom stereocenters. The van der Waals surface area contributed by atoms with Gasteiger partial charge in [-0.05, 0) is 32.0 Å². The molecule has 152 valence electrons. The van der Waals surface area contributed by atoms with Gasteiger partial charge in [0.25, 0.3) is 0 Å². The van der Waals surface area contributed by atoms with Crippen molar-refractivity contribution in [1.29, 1.82) is 0 Å². The topological polar surface area (TPSA) is 67.5 Å². The highest BCUT2D eigenvalue weighted by Crippen LogP contribution is 2.47. The van der Waals surface area contributed by atoms with Crippen LogP contribution in [0.25, 0.3) is 11.5 Å². The third-order valence-corrected chi connectivity index (χ3v) is 5.52. The molecule has 4 rings (SSSR count). The highest BCUT2D eigenvalue weighted by atomic mass is 19.4. The lowest BCUT2D eigenvalue weighted by atomic mass is 9.79. The molecule has 4 heterocycles. The zero-order valence-corrected chi connectivity index (χ0v) is 15.6. The first kappa shape index (κ1) is 19.1. The Hall–Kier alpha value is -2.20. The first-order chi connectivity index (χ1) is 13.4. The fraction of sp³-hybridized carbons (Fsp3) is 0.611. The van der Waals surface area contributed by atoms with Gasteiger partial charge >= 0.3 is 6.18 Å². The van der Waals surface area contributed by atoms with Gasteiger partial charge in [0, 0.05) is 39.4 Å². The number of rotatable bonds is 3. The van der Waals surface area contributed by atoms with E-state index in [9.17, 15) is 13.2 Å². The van der Waals surface area contributed by atoms with Gasteiger partial charge in [0.2, 0.25) is 11.7 Å². The number of halogens is 3. The lowest BCUT2D eigenvalue weighted by Gasteiger charge is -2.35. The van der Waals surface area contributed by atoms with Gasteiger partial charge in [-0.2, -0.15) is 18.2 Å². The lowest BCUT2D eigenvalue weighted by molar-refractivity contribution is -0.217. The highest BCUT2D eigenvalue weighted by molar-refractivity contribution is 5.54. The van der Waals surface area contributed by atoms with Crippen molar-refractivity contribution < 1.29 is 22.4 Å². The molecule has 0 aliphatic carbocycles. The average molecular weight is 397 g/mol. The fourth-order valence-corrected chi connectivity index (χ4v) is 3.62. The van der Waals surface area contributed by atoms with Crippen LogP contribution in [0, 0.1) is 0 Å². The van der Waals surface area contributed by atoms with E-state index in [1.54, 1.807) is 12.1 Å². The predicted octanol–water partition coefficient (Wildman–Crippen LogP) is 2.49. The third-order valence-electron chi connectivity index (χ3n) is 5.52. The average Bonchev–Trinajstić information content (AvgIpc) is 3.19. The molecule has 7 nitrogen and oxygen atoms in total. The normalized spacial score (nSPS) is 21.1. The van der Waals surface area contributed by atoms with Crippen LogP contribution in [0.1, 0.15) is 18.7 Å². The molecule has 0 atom stereocenters. The second kappa shape index (κ2) is 7.32. The van der Waals surface area contributed by atoms with Crippen molar-refractivity contribution in [2.75, 3.05) is 51.3 Å². The molecule has 0 aromatic carbocycles. The Labute approximate surface area is 160 Å². The second-order valence-electron chi connectivity index (χ2n) is 7.29. The van der Waals surface area contributed by atoms with E-state index >= 15 is 0 Å². The van der Waals surface area contributed by atoms with Gasteiger partial charge in [-0.1, -0.05) is 11.2 Å². The first-order valence-electron chi connectivity index (χ1n) is 9.29. The van der Waals surface area contributed by atoms with Gasteiger partial charge in [-0.25, -0.2) is 4.98 Å². The Balaban J connectivity index is 1.61. The van der Waals surface area contributed by atoms with E-state index in [4.69, 9.17) is 9.26 Å². The van der Waals surface area contributed by atoms with Crippen LogP contribution in [0.3, 0.4) is 0 Å². The number of pyridine rings is 1. The van der Waals surface area contributed by atoms with Gasteiger partial charge in [0.05, 0.1) is 0 Å². The van der Waals surface area contributed by atoms with Crippen LogP contribution in [0.2, 0.25) is 0 Å². The Kier molecular flexibility index (Phi) is 5.00. The molecule has 28 heavy (non-hydrogen) atoms. The Morgan fingerprint density at radius 2 is 1.75 bits per heavy atom. The standard InChI is InChI=1S/C18H22F3N5O2/c1-25-7-9-26(10-8-25)14-4-2-3-13(22-14)15-23-16(28-24-15)17(18(19,20)21)5-11-27-12-6-17/h2-4H,5-12H2,1H3. The van der Waals surface area contributed by atoms with Crippen molar-refractivity contribution in [3.63, 3.8) is 0 Å². The number of aromatic nitrogens is 3. The van der Waals surface area contributed by atoms with Gasteiger partial charge in [-0.15, -0.1) is 0 Å². The fourth-order valence-electron chi connectivity index (χ4n) is 3.62. The lowest BCUT2D eigenvalue weighted by Crippen LogP contribution is -2.47. The molecule has 0 saturated carbocycles. The van der Waals surface area contributed by atoms with Crippen LogP contribution in [-0.4, -0.2) is 72.6 Å². The number of alkyl halides is 3. The molecule has 2 aliphatic rings. The van der Waals surface area contributed by atoms with E-state index in [2.05, 4.69) is 32.0 Å². The summed E-state index contributed by atoms with van der Waals surface area (Å²) in [6.45, 7) is 3.54. The van der Waals surface area contributed by atoms with Crippen molar-refractivity contribution >= 4 is 5.82 Å². The van der Waals surface area contributed by atoms with E-state index < -0.39 is 17.5 Å². The van der Waals surface area contributed by atoms with Crippen molar-refractivity contribution in [2.45, 2.75) is 24.4 Å². The largest absolute Gasteiger partial charge is 0.403 e. The van der Waals surface area contributed by atoms with E-state index in [1.165, 1.54) is 0 Å². The van der Waals surface area contributed by atoms with Crippen LogP contribution in [0.15, 0.2) is 22.7 Å². The molecule has 0 spiro atoms. The predicted molar refractivity (Wildman–Crippen MR) is 95.0 cm³/mol. The van der Waals surface area contributed by atoms with Crippen LogP contribution in [-0.2, 0) is 10.2 Å². The summed E-state index contributed by atoms with van der Waals surface area (Å²) in [5.74, 6) is 0.416. The van der Waals surface area contributed by atoms with Crippen LogP contribution >= 0.6 is 0 Å². The first-order valence-corrected chi connectivity index (χ1v) is 9.29. The van der Waals surface area contributed by atoms with E-state index in [0.29, 0.717) is 5.69 Å². The molecule has 0 radical (unpaired) electrons. The number of likely N-dealkylation sites (N-methyl/N-ethyl adjacent to an activating group) is 1. The number of hydrogen-bond donors (Lipinski definition) is 0. The van der Waals surface area contributed by atoms with Crippen molar-refractivity contribution in [3.05, 3.63) is 24.1 Å². The molecule has 2 aromatic rings. The smallest absolute Gasteiger partial charge is 0.381 e. The molecule has 0 bridgehead atoms. The molecular weight excluding hydrogens is 375 g/mol. The number of nitrogens with zero attached hydrogens (tertiary/aromatic N) is 5. The molecule has 2 aromatic heterocycles. The maximum Gasteiger partial charge on any atom is 0.403 e. The monoisotopic (exact) mass is 397 g/mol. The number of anilines is 1. The SMILES string of the molecule is CN1CCN(c2cccc(-c3noc(C4(C(F)(F)F)CCOCC4)n3)n2)CC1. The number of ether oxygens (including phenoxy) is 1. The second-order valence-corrected chi connectivity index (χ2v) is 7.29. The summed E-state index contributed by atoms with van der Waals surface area (Å²) >= 11 is 0. The number of piperazine rings is 1. The molecular formula is C18H22F3N5O2. The minimum atomic E-state index is -4.49. The van der Waals surface area contributed by atoms with Crippen LogP contribution < -0.4 is 4.90 Å². The van der Waals surface area contributed by atoms with Crippen LogP contribution in [0.5, 0.6) is 0 Å². The van der Waals surface area contributed by atoms with E-state index in [1.807, 2.05) is 6.07 Å². The summed E-state index contributed by atoms with van der Waals surface area (Å²) in [5.41, 5.74) is -1.76. The number of hydrogen-bond acceptors (Lipinski definition) is 7. The molecule has 0 amide bonds. The molecule has 2 fully saturated rings. The van der Waals surface area contributed by atoms with Crippen LogP contribution in [0.4, 0.5) is 19.0 Å². The van der Waals surface area contributed by atoms with Crippen molar-refractivity contribution in [2.24, 2.45) is 0 Å². The maximum atomic E-state index is 13.8. The quantitative estimate of drug-likeness (QED) is 0.788.